The number of hydrogen-bond donors (Lipinski definition) is 2. The van der Waals surface area contributed by atoms with Crippen LogP contribution in [0.1, 0.15) is 25.7 Å². The van der Waals surface area contributed by atoms with Crippen LogP contribution in [0.3, 0.4) is 0 Å². The predicted octanol–water partition coefficient (Wildman–Crippen LogP) is 3.28. The second-order valence-electron chi connectivity index (χ2n) is 6.19. The monoisotopic (exact) mass is 378 g/mol. The normalized spacial score (nSPS) is 19.2. The van der Waals surface area contributed by atoms with E-state index in [0.29, 0.717) is 37.4 Å². The van der Waals surface area contributed by atoms with Crippen molar-refractivity contribution in [3.05, 3.63) is 42.2 Å². The van der Waals surface area contributed by atoms with Crippen LogP contribution in [0.2, 0.25) is 0 Å². The molecule has 0 spiro atoms. The fourth-order valence-electron chi connectivity index (χ4n) is 2.93. The van der Waals surface area contributed by atoms with Crippen molar-refractivity contribution in [3.8, 4) is 11.8 Å². The van der Waals surface area contributed by atoms with E-state index in [1.807, 2.05) is 0 Å². The Bertz CT molecular complexity index is 778. The van der Waals surface area contributed by atoms with Crippen molar-refractivity contribution in [2.75, 3.05) is 12.4 Å². The highest BCUT2D eigenvalue weighted by Crippen LogP contribution is 2.24. The summed E-state index contributed by atoms with van der Waals surface area (Å²) < 4.78 is 38.0. The van der Waals surface area contributed by atoms with Gasteiger partial charge in [0, 0.05) is 6.04 Å². The third-order valence-electron chi connectivity index (χ3n) is 4.30. The van der Waals surface area contributed by atoms with Crippen LogP contribution in [0.5, 0.6) is 11.8 Å². The third-order valence-corrected chi connectivity index (χ3v) is 4.30. The number of anilines is 1. The number of carbonyl (C=O) groups excluding carboxylic acids is 1. The molecule has 1 fully saturated rings. The van der Waals surface area contributed by atoms with Gasteiger partial charge in [-0.1, -0.05) is 6.07 Å². The van der Waals surface area contributed by atoms with E-state index in [2.05, 4.69) is 20.6 Å². The van der Waals surface area contributed by atoms with Crippen LogP contribution in [0.4, 0.5) is 19.3 Å². The molecule has 2 amide bonds. The lowest BCUT2D eigenvalue weighted by Gasteiger charge is -2.29. The molecule has 2 aromatic rings. The summed E-state index contributed by atoms with van der Waals surface area (Å²) in [6.45, 7) is 0. The van der Waals surface area contributed by atoms with E-state index in [1.165, 1.54) is 25.6 Å². The molecule has 1 aromatic carbocycles. The molecule has 144 valence electrons. The smallest absolute Gasteiger partial charge is 0.319 e. The zero-order chi connectivity index (χ0) is 19.2. The van der Waals surface area contributed by atoms with Gasteiger partial charge < -0.3 is 20.1 Å². The maximum Gasteiger partial charge on any atom is 0.319 e. The molecule has 0 radical (unpaired) electrons. The van der Waals surface area contributed by atoms with Gasteiger partial charge in [-0.2, -0.15) is 4.98 Å². The van der Waals surface area contributed by atoms with Crippen LogP contribution in [0, 0.1) is 11.6 Å². The highest BCUT2D eigenvalue weighted by atomic mass is 19.1. The number of carbonyl (C=O) groups is 1. The molecule has 3 rings (SSSR count). The lowest BCUT2D eigenvalue weighted by atomic mass is 9.93. The largest absolute Gasteiger partial charge is 0.480 e. The number of nitrogens with one attached hydrogen (secondary N) is 2. The molecule has 0 aliphatic heterocycles. The van der Waals surface area contributed by atoms with Gasteiger partial charge >= 0.3 is 6.03 Å². The Morgan fingerprint density at radius 3 is 2.44 bits per heavy atom. The lowest BCUT2D eigenvalue weighted by molar-refractivity contribution is 0.134. The minimum absolute atomic E-state index is 0.0449. The molecule has 0 atom stereocenters. The van der Waals surface area contributed by atoms with Gasteiger partial charge in [0.15, 0.2) is 0 Å². The number of aromatic nitrogens is 2. The summed E-state index contributed by atoms with van der Waals surface area (Å²) in [5.41, 5.74) is -0.455. The second-order valence-corrected chi connectivity index (χ2v) is 6.19. The second kappa shape index (κ2) is 8.61. The summed E-state index contributed by atoms with van der Waals surface area (Å²) in [5, 5.41) is 4.96. The van der Waals surface area contributed by atoms with E-state index in [4.69, 9.17) is 9.47 Å². The number of para-hydroxylation sites is 1. The van der Waals surface area contributed by atoms with Gasteiger partial charge in [-0.15, -0.1) is 0 Å². The SMILES string of the molecule is COc1cncc(OC2CCC(NC(=O)Nc3c(F)cccc3F)CC2)n1. The van der Waals surface area contributed by atoms with Gasteiger partial charge in [0.05, 0.1) is 19.5 Å². The van der Waals surface area contributed by atoms with E-state index in [-0.39, 0.29) is 12.1 Å². The van der Waals surface area contributed by atoms with Crippen LogP contribution < -0.4 is 20.1 Å². The first-order valence-electron chi connectivity index (χ1n) is 8.59. The van der Waals surface area contributed by atoms with E-state index in [0.717, 1.165) is 12.1 Å². The number of halogens is 2. The van der Waals surface area contributed by atoms with Crippen molar-refractivity contribution in [1.29, 1.82) is 0 Å². The number of urea groups is 1. The van der Waals surface area contributed by atoms with Crippen LogP contribution in [-0.2, 0) is 0 Å². The Morgan fingerprint density at radius 1 is 1.11 bits per heavy atom. The summed E-state index contributed by atoms with van der Waals surface area (Å²) >= 11 is 0. The summed E-state index contributed by atoms with van der Waals surface area (Å²) in [7, 11) is 1.50. The summed E-state index contributed by atoms with van der Waals surface area (Å²) in [6.07, 6.45) is 5.73. The molecule has 9 heteroatoms. The molecule has 1 aromatic heterocycles. The molecule has 7 nitrogen and oxygen atoms in total. The summed E-state index contributed by atoms with van der Waals surface area (Å²) in [5.74, 6) is -0.873. The molecular weight excluding hydrogens is 358 g/mol. The molecule has 2 N–H and O–H groups in total. The van der Waals surface area contributed by atoms with E-state index >= 15 is 0 Å². The highest BCUT2D eigenvalue weighted by Gasteiger charge is 2.24. The Labute approximate surface area is 155 Å². The zero-order valence-corrected chi connectivity index (χ0v) is 14.7. The number of nitrogens with zero attached hydrogens (tertiary/aromatic N) is 2. The average Bonchev–Trinajstić information content (AvgIpc) is 2.66. The van der Waals surface area contributed by atoms with E-state index in [9.17, 15) is 13.6 Å². The van der Waals surface area contributed by atoms with Gasteiger partial charge in [-0.3, -0.25) is 4.98 Å². The Balaban J connectivity index is 1.47. The molecule has 1 saturated carbocycles. The Hall–Kier alpha value is -2.97. The highest BCUT2D eigenvalue weighted by molar-refractivity contribution is 5.89. The molecule has 0 unspecified atom stereocenters. The van der Waals surface area contributed by atoms with Crippen molar-refractivity contribution >= 4 is 11.7 Å². The number of rotatable bonds is 5. The van der Waals surface area contributed by atoms with Gasteiger partial charge in [0.2, 0.25) is 11.8 Å². The van der Waals surface area contributed by atoms with Crippen LogP contribution in [-0.4, -0.2) is 35.3 Å². The van der Waals surface area contributed by atoms with Crippen LogP contribution >= 0.6 is 0 Å². The van der Waals surface area contributed by atoms with E-state index < -0.39 is 23.4 Å². The number of ether oxygens (including phenoxy) is 2. The quantitative estimate of drug-likeness (QED) is 0.834. The fourth-order valence-corrected chi connectivity index (χ4v) is 2.93. The molecule has 1 aliphatic carbocycles. The lowest BCUT2D eigenvalue weighted by Crippen LogP contribution is -2.42. The Kier molecular flexibility index (Phi) is 6.00. The van der Waals surface area contributed by atoms with Crippen molar-refractivity contribution in [1.82, 2.24) is 15.3 Å². The number of benzene rings is 1. The summed E-state index contributed by atoms with van der Waals surface area (Å²) in [4.78, 5) is 20.2. The van der Waals surface area contributed by atoms with Gasteiger partial charge in [-0.25, -0.2) is 13.6 Å². The molecule has 27 heavy (non-hydrogen) atoms. The van der Waals surface area contributed by atoms with Crippen LogP contribution in [0.25, 0.3) is 0 Å². The topological polar surface area (TPSA) is 85.4 Å². The first-order valence-corrected chi connectivity index (χ1v) is 8.59. The Morgan fingerprint density at radius 2 is 1.78 bits per heavy atom. The maximum atomic E-state index is 13.6. The van der Waals surface area contributed by atoms with Crippen molar-refractivity contribution < 1.29 is 23.0 Å². The molecule has 0 saturated heterocycles. The molecule has 1 heterocycles. The zero-order valence-electron chi connectivity index (χ0n) is 14.7. The maximum absolute atomic E-state index is 13.6. The van der Waals surface area contributed by atoms with Crippen molar-refractivity contribution in [3.63, 3.8) is 0 Å². The van der Waals surface area contributed by atoms with E-state index in [1.54, 1.807) is 0 Å². The minimum atomic E-state index is -0.818. The van der Waals surface area contributed by atoms with Gasteiger partial charge in [-0.05, 0) is 37.8 Å². The molecule has 1 aliphatic rings. The third kappa shape index (κ3) is 5.02. The summed E-state index contributed by atoms with van der Waals surface area (Å²) in [6, 6.07) is 2.67. The molecule has 0 bridgehead atoms. The number of hydrogen-bond acceptors (Lipinski definition) is 5. The first kappa shape index (κ1) is 18.8. The fraction of sp³-hybridized carbons (Fsp3) is 0.389. The van der Waals surface area contributed by atoms with Gasteiger partial charge in [0.25, 0.3) is 0 Å². The van der Waals surface area contributed by atoms with Crippen LogP contribution in [0.15, 0.2) is 30.6 Å². The standard InChI is InChI=1S/C18H20F2N4O3/c1-26-15-9-21-10-16(23-15)27-12-7-5-11(6-8-12)22-18(25)24-17-13(19)3-2-4-14(17)20/h2-4,9-12H,5-8H2,1H3,(H2,22,24,25). The predicted molar refractivity (Wildman–Crippen MR) is 93.8 cm³/mol. The van der Waals surface area contributed by atoms with Gasteiger partial charge in [0.1, 0.15) is 23.4 Å². The number of amides is 2. The van der Waals surface area contributed by atoms with Crippen molar-refractivity contribution in [2.24, 2.45) is 0 Å². The first-order chi connectivity index (χ1) is 13.0. The minimum Gasteiger partial charge on any atom is -0.480 e. The molecular formula is C18H20F2N4O3. The van der Waals surface area contributed by atoms with Crippen molar-refractivity contribution in [2.45, 2.75) is 37.8 Å². The number of methoxy groups -OCH3 is 1. The average molecular weight is 378 g/mol.